The van der Waals surface area contributed by atoms with Gasteiger partial charge >= 0.3 is 5.97 Å². The SMILES string of the molecule is CCOC1CC(NC(=O)CSc2ccccc2C)(C(=O)O)C1(C)C. The molecule has 0 bridgehead atoms. The van der Waals surface area contributed by atoms with E-state index in [1.807, 2.05) is 52.0 Å². The van der Waals surface area contributed by atoms with Crippen LogP contribution in [0.5, 0.6) is 0 Å². The number of ether oxygens (including phenoxy) is 1. The highest BCUT2D eigenvalue weighted by Crippen LogP contribution is 2.51. The molecule has 132 valence electrons. The number of thioether (sulfide) groups is 1. The number of rotatable bonds is 7. The fourth-order valence-electron chi connectivity index (χ4n) is 3.17. The van der Waals surface area contributed by atoms with Crippen LogP contribution in [0, 0.1) is 12.3 Å². The van der Waals surface area contributed by atoms with Gasteiger partial charge in [-0.25, -0.2) is 4.79 Å². The van der Waals surface area contributed by atoms with E-state index in [1.165, 1.54) is 11.8 Å². The van der Waals surface area contributed by atoms with E-state index in [4.69, 9.17) is 4.74 Å². The van der Waals surface area contributed by atoms with E-state index in [1.54, 1.807) is 0 Å². The molecule has 5 nitrogen and oxygen atoms in total. The van der Waals surface area contributed by atoms with Crippen molar-refractivity contribution >= 4 is 23.6 Å². The molecule has 0 aliphatic heterocycles. The van der Waals surface area contributed by atoms with Crippen molar-refractivity contribution in [2.24, 2.45) is 5.41 Å². The molecule has 2 atom stereocenters. The van der Waals surface area contributed by atoms with Crippen molar-refractivity contribution in [3.63, 3.8) is 0 Å². The van der Waals surface area contributed by atoms with Crippen molar-refractivity contribution in [2.45, 2.75) is 50.7 Å². The number of carbonyl (C=O) groups is 2. The zero-order valence-electron chi connectivity index (χ0n) is 14.6. The van der Waals surface area contributed by atoms with Gasteiger partial charge in [0.2, 0.25) is 5.91 Å². The van der Waals surface area contributed by atoms with Crippen molar-refractivity contribution in [1.29, 1.82) is 0 Å². The Morgan fingerprint density at radius 2 is 2.04 bits per heavy atom. The van der Waals surface area contributed by atoms with Crippen LogP contribution < -0.4 is 5.32 Å². The molecule has 1 fully saturated rings. The van der Waals surface area contributed by atoms with Crippen LogP contribution in [0.2, 0.25) is 0 Å². The molecule has 1 aromatic rings. The minimum Gasteiger partial charge on any atom is -0.479 e. The van der Waals surface area contributed by atoms with Crippen LogP contribution in [0.1, 0.15) is 32.8 Å². The predicted octanol–water partition coefficient (Wildman–Crippen LogP) is 2.86. The molecule has 1 amide bonds. The van der Waals surface area contributed by atoms with Crippen LogP contribution in [-0.4, -0.2) is 41.0 Å². The zero-order valence-corrected chi connectivity index (χ0v) is 15.4. The molecule has 1 saturated carbocycles. The first-order valence-corrected chi connectivity index (χ1v) is 9.07. The summed E-state index contributed by atoms with van der Waals surface area (Å²) < 4.78 is 5.61. The number of carbonyl (C=O) groups excluding carboxylic acids is 1. The number of hydrogen-bond donors (Lipinski definition) is 2. The maximum Gasteiger partial charge on any atom is 0.330 e. The van der Waals surface area contributed by atoms with E-state index in [2.05, 4.69) is 5.32 Å². The molecule has 1 aliphatic carbocycles. The third-order valence-electron chi connectivity index (χ3n) is 4.93. The summed E-state index contributed by atoms with van der Waals surface area (Å²) in [5.74, 6) is -1.08. The number of nitrogens with one attached hydrogen (secondary N) is 1. The molecule has 0 spiro atoms. The van der Waals surface area contributed by atoms with Gasteiger partial charge in [-0.2, -0.15) is 0 Å². The molecule has 0 saturated heterocycles. The third-order valence-corrected chi connectivity index (χ3v) is 6.11. The number of benzene rings is 1. The largest absolute Gasteiger partial charge is 0.479 e. The van der Waals surface area contributed by atoms with Crippen LogP contribution in [0.4, 0.5) is 0 Å². The predicted molar refractivity (Wildman–Crippen MR) is 94.2 cm³/mol. The molecular formula is C18H25NO4S. The summed E-state index contributed by atoms with van der Waals surface area (Å²) in [5.41, 5.74) is -0.822. The van der Waals surface area contributed by atoms with E-state index in [-0.39, 0.29) is 17.8 Å². The van der Waals surface area contributed by atoms with Gasteiger partial charge < -0.3 is 15.2 Å². The monoisotopic (exact) mass is 351 g/mol. The van der Waals surface area contributed by atoms with Crippen molar-refractivity contribution < 1.29 is 19.4 Å². The Morgan fingerprint density at radius 1 is 1.38 bits per heavy atom. The fourth-order valence-corrected chi connectivity index (χ4v) is 4.00. The summed E-state index contributed by atoms with van der Waals surface area (Å²) in [6, 6.07) is 7.82. The van der Waals surface area contributed by atoms with Crippen LogP contribution in [0.3, 0.4) is 0 Å². The van der Waals surface area contributed by atoms with E-state index < -0.39 is 16.9 Å². The van der Waals surface area contributed by atoms with Crippen LogP contribution in [0.25, 0.3) is 0 Å². The molecule has 6 heteroatoms. The van der Waals surface area contributed by atoms with Crippen molar-refractivity contribution in [3.05, 3.63) is 29.8 Å². The Kier molecular flexibility index (Phi) is 5.60. The minimum atomic E-state index is -1.27. The quantitative estimate of drug-likeness (QED) is 0.739. The molecule has 1 aromatic carbocycles. The smallest absolute Gasteiger partial charge is 0.330 e. The lowest BCUT2D eigenvalue weighted by Gasteiger charge is -2.58. The Bertz CT molecular complexity index is 631. The number of carboxylic acid groups (broad SMARTS) is 1. The summed E-state index contributed by atoms with van der Waals surface area (Å²) in [5, 5.41) is 12.5. The fraction of sp³-hybridized carbons (Fsp3) is 0.556. The first-order chi connectivity index (χ1) is 11.2. The van der Waals surface area contributed by atoms with E-state index in [0.29, 0.717) is 13.0 Å². The van der Waals surface area contributed by atoms with Gasteiger partial charge in [0.1, 0.15) is 5.54 Å². The normalized spacial score (nSPS) is 24.9. The van der Waals surface area contributed by atoms with Crippen LogP contribution in [-0.2, 0) is 14.3 Å². The van der Waals surface area contributed by atoms with Crippen LogP contribution in [0.15, 0.2) is 29.2 Å². The summed E-state index contributed by atoms with van der Waals surface area (Å²) in [6.07, 6.45) is 0.132. The molecule has 0 heterocycles. The van der Waals surface area contributed by atoms with Gasteiger partial charge in [-0.1, -0.05) is 32.0 Å². The van der Waals surface area contributed by atoms with Gasteiger partial charge in [0.15, 0.2) is 0 Å². The number of carboxylic acids is 1. The molecule has 1 aliphatic rings. The zero-order chi connectivity index (χ0) is 18.0. The standard InChI is InChI=1S/C18H25NO4S/c1-5-23-14-10-18(16(21)22,17(14,3)4)19-15(20)11-24-13-9-7-6-8-12(13)2/h6-9,14H,5,10-11H2,1-4H3,(H,19,20)(H,21,22). The Labute approximate surface area is 147 Å². The third kappa shape index (κ3) is 3.30. The van der Waals surface area contributed by atoms with Gasteiger partial charge in [0.25, 0.3) is 0 Å². The number of hydrogen-bond acceptors (Lipinski definition) is 4. The second-order valence-corrected chi connectivity index (χ2v) is 7.70. The maximum atomic E-state index is 12.4. The topological polar surface area (TPSA) is 75.6 Å². The van der Waals surface area contributed by atoms with Gasteiger partial charge in [-0.3, -0.25) is 4.79 Å². The first kappa shape index (κ1) is 18.8. The molecule has 0 aromatic heterocycles. The highest BCUT2D eigenvalue weighted by molar-refractivity contribution is 8.00. The second kappa shape index (κ2) is 7.15. The number of amides is 1. The summed E-state index contributed by atoms with van der Waals surface area (Å²) >= 11 is 1.42. The van der Waals surface area contributed by atoms with Crippen molar-refractivity contribution in [2.75, 3.05) is 12.4 Å². The van der Waals surface area contributed by atoms with Gasteiger partial charge in [0, 0.05) is 23.3 Å². The van der Waals surface area contributed by atoms with E-state index in [9.17, 15) is 14.7 Å². The lowest BCUT2D eigenvalue weighted by Crippen LogP contribution is -2.76. The summed E-state index contributed by atoms with van der Waals surface area (Å²) in [6.45, 7) is 8.06. The van der Waals surface area contributed by atoms with Gasteiger partial charge in [-0.15, -0.1) is 11.8 Å². The Morgan fingerprint density at radius 3 is 2.58 bits per heavy atom. The van der Waals surface area contributed by atoms with E-state index in [0.717, 1.165) is 10.5 Å². The van der Waals surface area contributed by atoms with Crippen molar-refractivity contribution in [1.82, 2.24) is 5.32 Å². The first-order valence-electron chi connectivity index (χ1n) is 8.09. The van der Waals surface area contributed by atoms with Crippen LogP contribution >= 0.6 is 11.8 Å². The minimum absolute atomic E-state index is 0.164. The number of aryl methyl sites for hydroxylation is 1. The molecule has 2 rings (SSSR count). The Hall–Kier alpha value is -1.53. The van der Waals surface area contributed by atoms with Crippen molar-refractivity contribution in [3.8, 4) is 0 Å². The number of aliphatic carboxylic acids is 1. The molecule has 2 N–H and O–H groups in total. The summed E-state index contributed by atoms with van der Waals surface area (Å²) in [4.78, 5) is 25.2. The molecular weight excluding hydrogens is 326 g/mol. The maximum absolute atomic E-state index is 12.4. The highest BCUT2D eigenvalue weighted by atomic mass is 32.2. The molecule has 24 heavy (non-hydrogen) atoms. The van der Waals surface area contributed by atoms with Gasteiger partial charge in [0.05, 0.1) is 11.9 Å². The lowest BCUT2D eigenvalue weighted by atomic mass is 9.54. The highest BCUT2D eigenvalue weighted by Gasteiger charge is 2.66. The van der Waals surface area contributed by atoms with Gasteiger partial charge in [-0.05, 0) is 25.5 Å². The average Bonchev–Trinajstić information content (AvgIpc) is 2.52. The second-order valence-electron chi connectivity index (χ2n) is 6.68. The molecule has 0 radical (unpaired) electrons. The Balaban J connectivity index is 2.03. The lowest BCUT2D eigenvalue weighted by molar-refractivity contribution is -0.194. The molecule has 2 unspecified atom stereocenters. The summed E-state index contributed by atoms with van der Waals surface area (Å²) in [7, 11) is 0. The van der Waals surface area contributed by atoms with E-state index >= 15 is 0 Å². The average molecular weight is 351 g/mol.